The number of nitrogens with zero attached hydrogens (tertiary/aromatic N) is 2. The molecule has 0 bridgehead atoms. The van der Waals surface area contributed by atoms with Crippen molar-refractivity contribution in [2.75, 3.05) is 19.6 Å². The van der Waals surface area contributed by atoms with Gasteiger partial charge in [-0.3, -0.25) is 5.43 Å². The normalized spacial score (nSPS) is 11.0. The summed E-state index contributed by atoms with van der Waals surface area (Å²) in [5, 5.41) is 5.45. The molecule has 3 aromatic rings. The van der Waals surface area contributed by atoms with E-state index in [1.165, 1.54) is 0 Å². The highest BCUT2D eigenvalue weighted by molar-refractivity contribution is 5.87. The molecule has 0 atom stereocenters. The number of ether oxygens (including phenoxy) is 2. The first-order chi connectivity index (χ1) is 12.1. The van der Waals surface area contributed by atoms with Crippen LogP contribution in [0.25, 0.3) is 10.9 Å². The van der Waals surface area contributed by atoms with E-state index in [2.05, 4.69) is 41.5 Å². The topological polar surface area (TPSA) is 55.7 Å². The molecule has 0 amide bonds. The molecule has 0 unspecified atom stereocenters. The summed E-state index contributed by atoms with van der Waals surface area (Å²) in [6, 6.07) is 13.8. The quantitative estimate of drug-likeness (QED) is 0.557. The van der Waals surface area contributed by atoms with Crippen LogP contribution in [-0.4, -0.2) is 25.4 Å². The van der Waals surface area contributed by atoms with Crippen LogP contribution in [0.3, 0.4) is 0 Å². The molecule has 1 aromatic heterocycles. The van der Waals surface area contributed by atoms with Gasteiger partial charge in [-0.05, 0) is 43.2 Å². The third-order valence-corrected chi connectivity index (χ3v) is 4.07. The molecule has 2 aromatic carbocycles. The summed E-state index contributed by atoms with van der Waals surface area (Å²) >= 11 is 0. The number of aryl methyl sites for hydroxylation is 2. The van der Waals surface area contributed by atoms with E-state index in [4.69, 9.17) is 9.47 Å². The molecule has 1 N–H and O–H groups in total. The molecule has 5 nitrogen and oxygen atoms in total. The van der Waals surface area contributed by atoms with Crippen LogP contribution in [0.2, 0.25) is 0 Å². The molecule has 5 heteroatoms. The Morgan fingerprint density at radius 3 is 2.60 bits per heavy atom. The summed E-state index contributed by atoms with van der Waals surface area (Å²) in [6.45, 7) is 4.13. The summed E-state index contributed by atoms with van der Waals surface area (Å²) in [7, 11) is 3.25. The van der Waals surface area contributed by atoms with Gasteiger partial charge in [0.25, 0.3) is 0 Å². The Bertz CT molecular complexity index is 936. The van der Waals surface area contributed by atoms with Gasteiger partial charge in [-0.2, -0.15) is 5.10 Å². The molecule has 1 heterocycles. The van der Waals surface area contributed by atoms with Crippen molar-refractivity contribution in [2.45, 2.75) is 13.8 Å². The Morgan fingerprint density at radius 1 is 1.00 bits per heavy atom. The number of hydrogen-bond donors (Lipinski definition) is 1. The van der Waals surface area contributed by atoms with E-state index in [1.807, 2.05) is 30.3 Å². The van der Waals surface area contributed by atoms with Crippen molar-refractivity contribution in [3.63, 3.8) is 0 Å². The van der Waals surface area contributed by atoms with Gasteiger partial charge < -0.3 is 9.47 Å². The predicted molar refractivity (Wildman–Crippen MR) is 102 cm³/mol. The van der Waals surface area contributed by atoms with Crippen LogP contribution in [0.5, 0.6) is 11.5 Å². The fourth-order valence-electron chi connectivity index (χ4n) is 2.71. The maximum atomic E-state index is 5.37. The SMILES string of the molecule is COc1ccc(C=NNc2cc(C)c3cccc(C)c3n2)c(OC)c1. The van der Waals surface area contributed by atoms with E-state index in [9.17, 15) is 0 Å². The zero-order chi connectivity index (χ0) is 17.8. The molecule has 0 saturated heterocycles. The van der Waals surface area contributed by atoms with Crippen molar-refractivity contribution in [3.8, 4) is 11.5 Å². The van der Waals surface area contributed by atoms with Crippen LogP contribution in [0.1, 0.15) is 16.7 Å². The number of nitrogens with one attached hydrogen (secondary N) is 1. The van der Waals surface area contributed by atoms with Gasteiger partial charge in [-0.1, -0.05) is 18.2 Å². The average Bonchev–Trinajstić information content (AvgIpc) is 2.63. The van der Waals surface area contributed by atoms with Crippen molar-refractivity contribution < 1.29 is 9.47 Å². The lowest BCUT2D eigenvalue weighted by Gasteiger charge is -2.08. The Balaban J connectivity index is 1.85. The first-order valence-electron chi connectivity index (χ1n) is 8.00. The van der Waals surface area contributed by atoms with Gasteiger partial charge >= 0.3 is 0 Å². The standard InChI is InChI=1S/C20H21N3O2/c1-13-6-5-7-17-14(2)10-19(22-20(13)17)23-21-12-15-8-9-16(24-3)11-18(15)25-4/h5-12H,1-4H3,(H,22,23). The van der Waals surface area contributed by atoms with E-state index in [-0.39, 0.29) is 0 Å². The van der Waals surface area contributed by atoms with Gasteiger partial charge in [0.1, 0.15) is 17.3 Å². The van der Waals surface area contributed by atoms with Crippen molar-refractivity contribution in [2.24, 2.45) is 5.10 Å². The summed E-state index contributed by atoms with van der Waals surface area (Å²) in [5.41, 5.74) is 7.15. The minimum Gasteiger partial charge on any atom is -0.497 e. The van der Waals surface area contributed by atoms with Gasteiger partial charge in [-0.25, -0.2) is 4.98 Å². The number of benzene rings is 2. The third-order valence-electron chi connectivity index (χ3n) is 4.07. The van der Waals surface area contributed by atoms with E-state index in [0.29, 0.717) is 11.6 Å². The van der Waals surface area contributed by atoms with Crippen LogP contribution >= 0.6 is 0 Å². The summed E-state index contributed by atoms with van der Waals surface area (Å²) in [6.07, 6.45) is 1.71. The van der Waals surface area contributed by atoms with E-state index < -0.39 is 0 Å². The van der Waals surface area contributed by atoms with Crippen molar-refractivity contribution in [1.29, 1.82) is 0 Å². The Kier molecular flexibility index (Phi) is 4.84. The molecule has 0 radical (unpaired) electrons. The molecule has 25 heavy (non-hydrogen) atoms. The molecule has 0 aliphatic heterocycles. The first-order valence-corrected chi connectivity index (χ1v) is 8.00. The second kappa shape index (κ2) is 7.21. The number of hydrazone groups is 1. The van der Waals surface area contributed by atoms with Crippen LogP contribution in [0.15, 0.2) is 47.6 Å². The average molecular weight is 335 g/mol. The number of methoxy groups -OCH3 is 2. The van der Waals surface area contributed by atoms with Gasteiger partial charge in [0.2, 0.25) is 0 Å². The zero-order valence-electron chi connectivity index (χ0n) is 14.8. The minimum atomic E-state index is 0.698. The van der Waals surface area contributed by atoms with Gasteiger partial charge in [-0.15, -0.1) is 0 Å². The van der Waals surface area contributed by atoms with Gasteiger partial charge in [0.05, 0.1) is 26.0 Å². The molecule has 3 rings (SSSR count). The number of hydrogen-bond acceptors (Lipinski definition) is 5. The molecule has 0 saturated carbocycles. The number of aromatic nitrogens is 1. The second-order valence-corrected chi connectivity index (χ2v) is 5.77. The number of pyridine rings is 1. The summed E-state index contributed by atoms with van der Waals surface area (Å²) < 4.78 is 10.6. The lowest BCUT2D eigenvalue weighted by atomic mass is 10.1. The summed E-state index contributed by atoms with van der Waals surface area (Å²) in [5.74, 6) is 2.15. The molecule has 0 fully saturated rings. The fourth-order valence-corrected chi connectivity index (χ4v) is 2.71. The highest BCUT2D eigenvalue weighted by Crippen LogP contribution is 2.24. The van der Waals surface area contributed by atoms with Crippen LogP contribution in [0.4, 0.5) is 5.82 Å². The zero-order valence-corrected chi connectivity index (χ0v) is 14.8. The Labute approximate surface area is 147 Å². The molecule has 128 valence electrons. The van der Waals surface area contributed by atoms with E-state index in [0.717, 1.165) is 33.3 Å². The highest BCUT2D eigenvalue weighted by atomic mass is 16.5. The van der Waals surface area contributed by atoms with Crippen LogP contribution in [-0.2, 0) is 0 Å². The first kappa shape index (κ1) is 16.8. The lowest BCUT2D eigenvalue weighted by Crippen LogP contribution is -1.98. The lowest BCUT2D eigenvalue weighted by molar-refractivity contribution is 0.394. The maximum absolute atomic E-state index is 5.37. The van der Waals surface area contributed by atoms with Gasteiger partial charge in [0, 0.05) is 17.0 Å². The van der Waals surface area contributed by atoms with Crippen molar-refractivity contribution >= 4 is 22.9 Å². The second-order valence-electron chi connectivity index (χ2n) is 5.77. The number of anilines is 1. The Hall–Kier alpha value is -3.08. The highest BCUT2D eigenvalue weighted by Gasteiger charge is 2.05. The largest absolute Gasteiger partial charge is 0.497 e. The van der Waals surface area contributed by atoms with E-state index in [1.54, 1.807) is 20.4 Å². The monoisotopic (exact) mass is 335 g/mol. The number of fused-ring (bicyclic) bond motifs is 1. The number of para-hydroxylation sites is 1. The smallest absolute Gasteiger partial charge is 0.147 e. The minimum absolute atomic E-state index is 0.698. The molecule has 0 spiro atoms. The van der Waals surface area contributed by atoms with E-state index >= 15 is 0 Å². The van der Waals surface area contributed by atoms with Crippen LogP contribution < -0.4 is 14.9 Å². The maximum Gasteiger partial charge on any atom is 0.147 e. The third kappa shape index (κ3) is 3.55. The molecule has 0 aliphatic rings. The summed E-state index contributed by atoms with van der Waals surface area (Å²) in [4.78, 5) is 4.66. The number of rotatable bonds is 5. The predicted octanol–water partition coefficient (Wildman–Crippen LogP) is 4.31. The Morgan fingerprint density at radius 2 is 1.84 bits per heavy atom. The molecular weight excluding hydrogens is 314 g/mol. The van der Waals surface area contributed by atoms with Gasteiger partial charge in [0.15, 0.2) is 0 Å². The molecule has 0 aliphatic carbocycles. The van der Waals surface area contributed by atoms with Crippen molar-refractivity contribution in [1.82, 2.24) is 4.98 Å². The fraction of sp³-hybridized carbons (Fsp3) is 0.200. The molecular formula is C20H21N3O2. The van der Waals surface area contributed by atoms with Crippen LogP contribution in [0, 0.1) is 13.8 Å². The van der Waals surface area contributed by atoms with Crippen molar-refractivity contribution in [3.05, 3.63) is 59.2 Å².